The van der Waals surface area contributed by atoms with E-state index >= 15 is 0 Å². The summed E-state index contributed by atoms with van der Waals surface area (Å²) >= 11 is 2.41. The summed E-state index contributed by atoms with van der Waals surface area (Å²) in [7, 11) is 0. The van der Waals surface area contributed by atoms with Gasteiger partial charge in [-0.15, -0.1) is 11.3 Å². The first-order valence-corrected chi connectivity index (χ1v) is 9.24. The number of nitrogens with zero attached hydrogens (tertiary/aromatic N) is 2. The molecule has 8 heteroatoms. The van der Waals surface area contributed by atoms with Crippen molar-refractivity contribution in [2.24, 2.45) is 0 Å². The normalized spacial score (nSPS) is 17.7. The van der Waals surface area contributed by atoms with Gasteiger partial charge < -0.3 is 5.32 Å². The highest BCUT2D eigenvalue weighted by atomic mass is 32.2. The van der Waals surface area contributed by atoms with Crippen molar-refractivity contribution < 1.29 is 9.59 Å². The van der Waals surface area contributed by atoms with E-state index in [0.29, 0.717) is 27.2 Å². The van der Waals surface area contributed by atoms with Gasteiger partial charge in [0, 0.05) is 11.9 Å². The molecule has 3 aromatic rings. The van der Waals surface area contributed by atoms with Crippen LogP contribution >= 0.6 is 23.1 Å². The van der Waals surface area contributed by atoms with Crippen LogP contribution in [0.5, 0.6) is 0 Å². The molecule has 122 valence electrons. The Morgan fingerprint density at radius 1 is 1.42 bits per heavy atom. The Morgan fingerprint density at radius 3 is 3.00 bits per heavy atom. The molecule has 1 saturated heterocycles. The number of aryl methyl sites for hydroxylation is 1. The van der Waals surface area contributed by atoms with E-state index in [9.17, 15) is 14.4 Å². The second kappa shape index (κ2) is 5.71. The van der Waals surface area contributed by atoms with E-state index in [-0.39, 0.29) is 16.6 Å². The fourth-order valence-electron chi connectivity index (χ4n) is 2.73. The van der Waals surface area contributed by atoms with Gasteiger partial charge in [0.2, 0.25) is 5.12 Å². The zero-order valence-corrected chi connectivity index (χ0v) is 14.4. The van der Waals surface area contributed by atoms with E-state index in [1.54, 1.807) is 18.3 Å². The predicted octanol–water partition coefficient (Wildman–Crippen LogP) is 1.98. The van der Waals surface area contributed by atoms with Crippen LogP contribution in [0.2, 0.25) is 0 Å². The van der Waals surface area contributed by atoms with Gasteiger partial charge in [0.05, 0.1) is 16.3 Å². The predicted molar refractivity (Wildman–Crippen MR) is 94.9 cm³/mol. The second-order valence-corrected chi connectivity index (χ2v) is 7.74. The van der Waals surface area contributed by atoms with Crippen LogP contribution in [-0.2, 0) is 4.79 Å². The molecule has 0 unspecified atom stereocenters. The number of rotatable bonds is 2. The topological polar surface area (TPSA) is 80.5 Å². The molecule has 1 N–H and O–H groups in total. The summed E-state index contributed by atoms with van der Waals surface area (Å²) in [5, 5.41) is 3.15. The van der Waals surface area contributed by atoms with E-state index in [2.05, 4.69) is 10.3 Å². The Bertz CT molecular complexity index is 1050. The number of hydrogen-bond donors (Lipinski definition) is 1. The van der Waals surface area contributed by atoms with Crippen molar-refractivity contribution in [2.45, 2.75) is 19.4 Å². The van der Waals surface area contributed by atoms with Gasteiger partial charge in [-0.05, 0) is 31.0 Å². The third kappa shape index (κ3) is 2.42. The molecule has 4 rings (SSSR count). The first-order chi connectivity index (χ1) is 11.5. The molecule has 6 nitrogen and oxygen atoms in total. The van der Waals surface area contributed by atoms with Gasteiger partial charge in [0.1, 0.15) is 10.5 Å². The Hall–Kier alpha value is -2.19. The van der Waals surface area contributed by atoms with E-state index < -0.39 is 6.04 Å². The zero-order valence-electron chi connectivity index (χ0n) is 12.7. The van der Waals surface area contributed by atoms with E-state index in [1.165, 1.54) is 27.5 Å². The Balaban J connectivity index is 1.78. The van der Waals surface area contributed by atoms with Gasteiger partial charge in [-0.1, -0.05) is 17.8 Å². The third-order valence-corrected chi connectivity index (χ3v) is 6.03. The number of thiophene rings is 1. The lowest BCUT2D eigenvalue weighted by molar-refractivity contribution is -0.112. The number of carbonyl (C=O) groups is 2. The third-order valence-electron chi connectivity index (χ3n) is 4.00. The molecule has 0 aromatic carbocycles. The van der Waals surface area contributed by atoms with Gasteiger partial charge in [-0.3, -0.25) is 18.8 Å². The molecule has 1 aliphatic heterocycles. The summed E-state index contributed by atoms with van der Waals surface area (Å²) in [4.78, 5) is 42.1. The van der Waals surface area contributed by atoms with Crippen LogP contribution in [0.1, 0.15) is 21.7 Å². The summed E-state index contributed by atoms with van der Waals surface area (Å²) in [5.41, 5.74) is 1.29. The van der Waals surface area contributed by atoms with Crippen molar-refractivity contribution in [3.05, 3.63) is 45.2 Å². The highest BCUT2D eigenvalue weighted by Crippen LogP contribution is 2.24. The molecular formula is C16H13N3O3S2. The number of nitrogens with one attached hydrogen (secondary N) is 1. The maximum absolute atomic E-state index is 12.6. The minimum absolute atomic E-state index is 0.0102. The number of pyridine rings is 1. The maximum atomic E-state index is 12.6. The number of aromatic nitrogens is 2. The number of thioether (sulfide) groups is 1. The van der Waals surface area contributed by atoms with Gasteiger partial charge in [-0.2, -0.15) is 0 Å². The molecule has 0 saturated carbocycles. The highest BCUT2D eigenvalue weighted by molar-refractivity contribution is 8.14. The molecule has 1 amide bonds. The molecule has 0 bridgehead atoms. The Kier molecular flexibility index (Phi) is 3.65. The fraction of sp³-hybridized carbons (Fsp3) is 0.250. The largest absolute Gasteiger partial charge is 0.341 e. The lowest BCUT2D eigenvalue weighted by atomic mass is 10.2. The molecule has 3 aromatic heterocycles. The molecule has 1 fully saturated rings. The molecule has 0 spiro atoms. The van der Waals surface area contributed by atoms with Gasteiger partial charge in [0.15, 0.2) is 0 Å². The molecular weight excluding hydrogens is 346 g/mol. The van der Waals surface area contributed by atoms with Crippen molar-refractivity contribution in [2.75, 3.05) is 5.75 Å². The van der Waals surface area contributed by atoms with Crippen LogP contribution in [0.25, 0.3) is 15.9 Å². The van der Waals surface area contributed by atoms with Gasteiger partial charge in [0.25, 0.3) is 11.5 Å². The molecule has 0 radical (unpaired) electrons. The maximum Gasteiger partial charge on any atom is 0.266 e. The number of fused-ring (bicyclic) bond motifs is 2. The SMILES string of the molecule is Cc1cccn2c(=O)c3cc(C(=O)N[C@H]4CCSC4=O)sc3nc12. The minimum atomic E-state index is -0.442. The first-order valence-electron chi connectivity index (χ1n) is 7.43. The van der Waals surface area contributed by atoms with E-state index in [1.807, 2.05) is 13.0 Å². The highest BCUT2D eigenvalue weighted by Gasteiger charge is 2.27. The van der Waals surface area contributed by atoms with Crippen molar-refractivity contribution in [3.63, 3.8) is 0 Å². The summed E-state index contributed by atoms with van der Waals surface area (Å²) in [5.74, 6) is 0.396. The number of hydrogen-bond acceptors (Lipinski definition) is 6. The van der Waals surface area contributed by atoms with E-state index in [0.717, 1.165) is 11.3 Å². The fourth-order valence-corrected chi connectivity index (χ4v) is 4.58. The summed E-state index contributed by atoms with van der Waals surface area (Å²) in [6, 6.07) is 4.80. The van der Waals surface area contributed by atoms with Crippen LogP contribution in [0, 0.1) is 6.92 Å². The second-order valence-electron chi connectivity index (χ2n) is 5.61. The first kappa shape index (κ1) is 15.3. The smallest absolute Gasteiger partial charge is 0.266 e. The monoisotopic (exact) mass is 359 g/mol. The van der Waals surface area contributed by atoms with Crippen LogP contribution in [0.4, 0.5) is 0 Å². The quantitative estimate of drug-likeness (QED) is 0.757. The molecule has 4 heterocycles. The molecule has 24 heavy (non-hydrogen) atoms. The number of carbonyl (C=O) groups excluding carboxylic acids is 2. The van der Waals surface area contributed by atoms with Crippen molar-refractivity contribution in [3.8, 4) is 0 Å². The Labute approximate surface area is 144 Å². The van der Waals surface area contributed by atoms with Crippen molar-refractivity contribution >= 4 is 50.0 Å². The standard InChI is InChI=1S/C16H13N3O3S2/c1-8-3-2-5-19-12(8)18-14-9(15(19)21)7-11(24-14)13(20)17-10-4-6-23-16(10)22/h2-3,5,7,10H,4,6H2,1H3,(H,17,20)/t10-/m0/s1. The number of amides is 1. The molecule has 0 aliphatic carbocycles. The van der Waals surface area contributed by atoms with Gasteiger partial charge in [-0.25, -0.2) is 4.98 Å². The van der Waals surface area contributed by atoms with Crippen molar-refractivity contribution in [1.82, 2.24) is 14.7 Å². The van der Waals surface area contributed by atoms with Crippen LogP contribution < -0.4 is 10.9 Å². The molecule has 1 aliphatic rings. The van der Waals surface area contributed by atoms with Gasteiger partial charge >= 0.3 is 0 Å². The summed E-state index contributed by atoms with van der Waals surface area (Å²) < 4.78 is 1.49. The van der Waals surface area contributed by atoms with Crippen LogP contribution in [-0.4, -0.2) is 32.2 Å². The lowest BCUT2D eigenvalue weighted by Gasteiger charge is -2.08. The average molecular weight is 359 g/mol. The lowest BCUT2D eigenvalue weighted by Crippen LogP contribution is -2.36. The van der Waals surface area contributed by atoms with Crippen LogP contribution in [0.15, 0.2) is 29.2 Å². The molecule has 1 atom stereocenters. The summed E-state index contributed by atoms with van der Waals surface area (Å²) in [6.07, 6.45) is 2.31. The average Bonchev–Trinajstić information content (AvgIpc) is 3.16. The summed E-state index contributed by atoms with van der Waals surface area (Å²) in [6.45, 7) is 1.89. The zero-order chi connectivity index (χ0) is 16.8. The van der Waals surface area contributed by atoms with E-state index in [4.69, 9.17) is 0 Å². The Morgan fingerprint density at radius 2 is 2.25 bits per heavy atom. The minimum Gasteiger partial charge on any atom is -0.341 e. The van der Waals surface area contributed by atoms with Crippen LogP contribution in [0.3, 0.4) is 0 Å². The van der Waals surface area contributed by atoms with Crippen molar-refractivity contribution in [1.29, 1.82) is 0 Å².